The molecule has 2 N–H and O–H groups in total. The van der Waals surface area contributed by atoms with Crippen LogP contribution in [0.15, 0.2) is 30.3 Å². The molecule has 376 valence electrons. The van der Waals surface area contributed by atoms with Crippen LogP contribution < -0.4 is 10.6 Å². The molecule has 5 amide bonds. The van der Waals surface area contributed by atoms with Crippen LogP contribution in [0.25, 0.3) is 0 Å². The van der Waals surface area contributed by atoms with Crippen LogP contribution in [0.4, 0.5) is 4.79 Å². The number of carbonyl (C=O) groups is 6. The molecule has 0 saturated carbocycles. The van der Waals surface area contributed by atoms with E-state index in [9.17, 15) is 28.8 Å². The Morgan fingerprint density at radius 3 is 1.98 bits per heavy atom. The van der Waals surface area contributed by atoms with Crippen molar-refractivity contribution in [1.29, 1.82) is 0 Å². The lowest BCUT2D eigenvalue weighted by molar-refractivity contribution is -0.149. The number of esters is 1. The van der Waals surface area contributed by atoms with Crippen LogP contribution in [0.5, 0.6) is 0 Å². The summed E-state index contributed by atoms with van der Waals surface area (Å²) in [5, 5.41) is 5.97. The number of hydrogen-bond acceptors (Lipinski definition) is 11. The molecular weight excluding hydrogens is 845 g/mol. The van der Waals surface area contributed by atoms with E-state index in [2.05, 4.69) is 10.6 Å². The number of carbonyl (C=O) groups excluding carboxylic acids is 6. The molecule has 1 aromatic rings. The van der Waals surface area contributed by atoms with Crippen LogP contribution in [0, 0.1) is 23.7 Å². The second-order valence-corrected chi connectivity index (χ2v) is 19.9. The summed E-state index contributed by atoms with van der Waals surface area (Å²) in [6.07, 6.45) is 1.99. The Morgan fingerprint density at radius 2 is 1.45 bits per heavy atom. The number of hydrogen-bond donors (Lipinski definition) is 2. The van der Waals surface area contributed by atoms with Gasteiger partial charge in [-0.3, -0.25) is 24.1 Å². The van der Waals surface area contributed by atoms with E-state index in [0.717, 1.165) is 18.4 Å². The van der Waals surface area contributed by atoms with Crippen LogP contribution in [0.1, 0.15) is 113 Å². The van der Waals surface area contributed by atoms with Crippen molar-refractivity contribution in [3.8, 4) is 0 Å². The van der Waals surface area contributed by atoms with E-state index in [-0.39, 0.29) is 54.4 Å². The summed E-state index contributed by atoms with van der Waals surface area (Å²) in [5.74, 6) is -2.75. The summed E-state index contributed by atoms with van der Waals surface area (Å²) in [5.41, 5.74) is 0.290. The Balaban J connectivity index is 2.22. The van der Waals surface area contributed by atoms with E-state index < -0.39 is 65.8 Å². The molecule has 0 spiro atoms. The van der Waals surface area contributed by atoms with Gasteiger partial charge in [0.1, 0.15) is 17.7 Å². The van der Waals surface area contributed by atoms with E-state index in [4.69, 9.17) is 18.9 Å². The third-order valence-corrected chi connectivity index (χ3v) is 12.9. The summed E-state index contributed by atoms with van der Waals surface area (Å²) < 4.78 is 22.5. The smallest absolute Gasteiger partial charge is 0.410 e. The van der Waals surface area contributed by atoms with Crippen molar-refractivity contribution < 1.29 is 47.7 Å². The fraction of sp³-hybridized carbons (Fsp3) is 0.760. The van der Waals surface area contributed by atoms with Crippen molar-refractivity contribution >= 4 is 35.7 Å². The van der Waals surface area contributed by atoms with Gasteiger partial charge in [-0.05, 0) is 83.4 Å². The first kappa shape index (κ1) is 57.8. The molecule has 1 fully saturated rings. The SMILES string of the molecule is CCC(C)C(C(CC(=O)N1CCCC1C(OC)C(C)C(=O)NC(Cc1ccccc1)C(=O)OC)OC)N(C)C(=O)C(NC(=O)C(C(C)C)N(C)CCCCN(C)C(=O)OC(C)(C)C)C(C)C. The number of nitrogens with zero attached hydrogens (tertiary/aromatic N) is 4. The predicted octanol–water partition coefficient (Wildman–Crippen LogP) is 5.55. The molecule has 9 atom stereocenters. The summed E-state index contributed by atoms with van der Waals surface area (Å²) in [6.45, 7) is 20.7. The van der Waals surface area contributed by atoms with E-state index in [0.29, 0.717) is 38.9 Å². The lowest BCUT2D eigenvalue weighted by atomic mass is 9.89. The monoisotopic (exact) mass is 931 g/mol. The Bertz CT molecular complexity index is 1690. The molecule has 0 aromatic heterocycles. The molecule has 1 aromatic carbocycles. The molecular formula is C50H86N6O10. The van der Waals surface area contributed by atoms with Crippen molar-refractivity contribution in [3.05, 3.63) is 35.9 Å². The van der Waals surface area contributed by atoms with Crippen molar-refractivity contribution in [2.24, 2.45) is 23.7 Å². The zero-order valence-electron chi connectivity index (χ0n) is 43.2. The molecule has 16 nitrogen and oxygen atoms in total. The number of methoxy groups -OCH3 is 3. The van der Waals surface area contributed by atoms with Gasteiger partial charge in [-0.15, -0.1) is 0 Å². The zero-order valence-corrected chi connectivity index (χ0v) is 43.2. The lowest BCUT2D eigenvalue weighted by Gasteiger charge is -2.41. The minimum absolute atomic E-state index is 0.0232. The van der Waals surface area contributed by atoms with E-state index >= 15 is 0 Å². The maximum absolute atomic E-state index is 14.6. The first-order valence-corrected chi connectivity index (χ1v) is 23.9. The number of likely N-dealkylation sites (N-methyl/N-ethyl adjacent to an activating group) is 2. The van der Waals surface area contributed by atoms with Gasteiger partial charge in [0.25, 0.3) is 0 Å². The highest BCUT2D eigenvalue weighted by Crippen LogP contribution is 2.30. The van der Waals surface area contributed by atoms with Crippen LogP contribution in [0.2, 0.25) is 0 Å². The molecule has 1 saturated heterocycles. The van der Waals surface area contributed by atoms with E-state index in [1.165, 1.54) is 14.2 Å². The molecule has 0 aliphatic carbocycles. The third-order valence-electron chi connectivity index (χ3n) is 12.9. The number of rotatable bonds is 26. The quantitative estimate of drug-likeness (QED) is 0.0880. The maximum Gasteiger partial charge on any atom is 0.410 e. The number of amides is 5. The van der Waals surface area contributed by atoms with Crippen LogP contribution >= 0.6 is 0 Å². The normalized spacial score (nSPS) is 17.9. The third kappa shape index (κ3) is 17.1. The Hall–Kier alpha value is -4.28. The Labute approximate surface area is 396 Å². The molecule has 9 unspecified atom stereocenters. The standard InChI is InChI=1S/C50H86N6O10/c1-17-34(6)43(55(13)47(60)41(32(2)3)52-46(59)42(33(4)5)53(11)27-21-22-28-54(12)49(62)66-50(8,9)10)39(63-14)31-40(57)56-29-23-26-38(56)44(64-15)35(7)45(58)51-37(48(61)65-16)30-36-24-19-18-20-25-36/h18-20,24-25,32-35,37-39,41-44H,17,21-23,26-31H2,1-16H3,(H,51,58)(H,52,59). The number of nitrogens with one attached hydrogen (secondary N) is 2. The second kappa shape index (κ2) is 27.5. The largest absolute Gasteiger partial charge is 0.467 e. The van der Waals surface area contributed by atoms with Gasteiger partial charge in [-0.25, -0.2) is 9.59 Å². The average molecular weight is 931 g/mol. The van der Waals surface area contributed by atoms with Gasteiger partial charge in [-0.2, -0.15) is 0 Å². The highest BCUT2D eigenvalue weighted by molar-refractivity contribution is 5.90. The first-order chi connectivity index (χ1) is 30.9. The van der Waals surface area contributed by atoms with Crippen LogP contribution in [-0.2, 0) is 49.3 Å². The Kier molecular flexibility index (Phi) is 24.1. The summed E-state index contributed by atoms with van der Waals surface area (Å²) >= 11 is 0. The molecule has 0 radical (unpaired) electrons. The summed E-state index contributed by atoms with van der Waals surface area (Å²) in [4.78, 5) is 89.0. The summed E-state index contributed by atoms with van der Waals surface area (Å²) in [6, 6.07) is 6.17. The Morgan fingerprint density at radius 1 is 0.833 bits per heavy atom. The summed E-state index contributed by atoms with van der Waals surface area (Å²) in [7, 11) is 9.69. The lowest BCUT2D eigenvalue weighted by Crippen LogP contribution is -2.60. The van der Waals surface area contributed by atoms with Crippen LogP contribution in [-0.4, -0.2) is 165 Å². The molecule has 66 heavy (non-hydrogen) atoms. The van der Waals surface area contributed by atoms with Gasteiger partial charge in [-0.1, -0.05) is 85.2 Å². The predicted molar refractivity (Wildman–Crippen MR) is 256 cm³/mol. The minimum Gasteiger partial charge on any atom is -0.467 e. The average Bonchev–Trinajstić information content (AvgIpc) is 3.75. The number of likely N-dealkylation sites (tertiary alicyclic amines) is 1. The van der Waals surface area contributed by atoms with Crippen molar-refractivity contribution in [2.75, 3.05) is 62.1 Å². The molecule has 2 rings (SSSR count). The fourth-order valence-electron chi connectivity index (χ4n) is 9.06. The van der Waals surface area contributed by atoms with Gasteiger partial charge in [0, 0.05) is 47.8 Å². The van der Waals surface area contributed by atoms with Gasteiger partial charge in [0.2, 0.25) is 23.6 Å². The fourth-order valence-corrected chi connectivity index (χ4v) is 9.06. The number of unbranched alkanes of at least 4 members (excludes halogenated alkanes) is 1. The molecule has 1 heterocycles. The molecule has 1 aliphatic heterocycles. The highest BCUT2D eigenvalue weighted by atomic mass is 16.6. The first-order valence-electron chi connectivity index (χ1n) is 23.9. The molecule has 16 heteroatoms. The van der Waals surface area contributed by atoms with Gasteiger partial charge in [0.05, 0.1) is 49.8 Å². The molecule has 1 aliphatic rings. The van der Waals surface area contributed by atoms with Gasteiger partial charge < -0.3 is 44.3 Å². The maximum atomic E-state index is 14.6. The second-order valence-electron chi connectivity index (χ2n) is 19.9. The minimum atomic E-state index is -0.908. The van der Waals surface area contributed by atoms with E-state index in [1.54, 1.807) is 42.8 Å². The van der Waals surface area contributed by atoms with Crippen molar-refractivity contribution in [3.63, 3.8) is 0 Å². The number of benzene rings is 1. The van der Waals surface area contributed by atoms with E-state index in [1.807, 2.05) is 105 Å². The highest BCUT2D eigenvalue weighted by Gasteiger charge is 2.43. The van der Waals surface area contributed by atoms with Crippen molar-refractivity contribution in [1.82, 2.24) is 30.2 Å². The number of ether oxygens (including phenoxy) is 4. The molecule has 0 bridgehead atoms. The topological polar surface area (TPSA) is 176 Å². The van der Waals surface area contributed by atoms with Crippen molar-refractivity contribution in [2.45, 2.75) is 162 Å². The zero-order chi connectivity index (χ0) is 50.1. The van der Waals surface area contributed by atoms with Gasteiger partial charge in [0.15, 0.2) is 0 Å². The van der Waals surface area contributed by atoms with Gasteiger partial charge >= 0.3 is 12.1 Å². The van der Waals surface area contributed by atoms with Crippen LogP contribution in [0.3, 0.4) is 0 Å².